The summed E-state index contributed by atoms with van der Waals surface area (Å²) in [4.78, 5) is 23.4. The number of rotatable bonds is 11. The van der Waals surface area contributed by atoms with Crippen LogP contribution in [0.1, 0.15) is 86.0 Å². The van der Waals surface area contributed by atoms with Crippen LogP contribution < -0.4 is 0 Å². The van der Waals surface area contributed by atoms with Gasteiger partial charge in [0.05, 0.1) is 15.9 Å². The summed E-state index contributed by atoms with van der Waals surface area (Å²) in [6, 6.07) is 0. The van der Waals surface area contributed by atoms with E-state index in [9.17, 15) is 22.6 Å². The number of hydrogen-bond acceptors (Lipinski definition) is 5. The predicted molar refractivity (Wildman–Crippen MR) is 120 cm³/mol. The van der Waals surface area contributed by atoms with Gasteiger partial charge in [-0.25, -0.2) is 8.42 Å². The van der Waals surface area contributed by atoms with E-state index in [0.717, 1.165) is 25.0 Å². The highest BCUT2D eigenvalue weighted by Crippen LogP contribution is 2.64. The number of carbonyl (C=O) groups is 2. The zero-order chi connectivity index (χ0) is 22.3. The zero-order valence-electron chi connectivity index (χ0n) is 18.9. The third-order valence-electron chi connectivity index (χ3n) is 7.05. The molecule has 0 aromatic rings. The van der Waals surface area contributed by atoms with Gasteiger partial charge in [0, 0.05) is 18.3 Å². The topological polar surface area (TPSA) is 91.3 Å². The lowest BCUT2D eigenvalue weighted by Crippen LogP contribution is -2.42. The summed E-state index contributed by atoms with van der Waals surface area (Å²) in [6.45, 7) is 10.4. The van der Waals surface area contributed by atoms with Crippen LogP contribution in [-0.4, -0.2) is 47.5 Å². The van der Waals surface area contributed by atoms with Crippen molar-refractivity contribution in [1.29, 1.82) is 0 Å². The lowest BCUT2D eigenvalue weighted by molar-refractivity contribution is -0.128. The van der Waals surface area contributed by atoms with Crippen molar-refractivity contribution in [2.45, 2.75) is 86.0 Å². The molecule has 0 N–H and O–H groups in total. The molecule has 2 unspecified atom stereocenters. The maximum atomic E-state index is 11.8. The normalized spacial score (nSPS) is 25.2. The molecule has 2 aliphatic rings. The van der Waals surface area contributed by atoms with E-state index in [-0.39, 0.29) is 17.1 Å². The van der Waals surface area contributed by atoms with Crippen molar-refractivity contribution in [3.63, 3.8) is 0 Å². The maximum absolute atomic E-state index is 11.8. The molecule has 0 amide bonds. The second-order valence-corrected chi connectivity index (χ2v) is 13.1. The smallest absolute Gasteiger partial charge is 0.181 e. The second-order valence-electron chi connectivity index (χ2n) is 9.05. The monoisotopic (exact) mass is 448 g/mol. The van der Waals surface area contributed by atoms with Crippen molar-refractivity contribution >= 4 is 32.6 Å². The molecule has 170 valence electrons. The minimum Gasteiger partial charge on any atom is -0.748 e. The highest BCUT2D eigenvalue weighted by Gasteiger charge is 2.64. The molecule has 0 saturated heterocycles. The number of carbonyl (C=O) groups excluding carboxylic acids is 2. The number of Topliss-reactive ketones (excluding diaryl/α,β-unsaturated/α-hetero) is 2. The molecule has 29 heavy (non-hydrogen) atoms. The van der Waals surface area contributed by atoms with Gasteiger partial charge in [-0.2, -0.15) is 0 Å². The second kappa shape index (κ2) is 11.3. The van der Waals surface area contributed by atoms with Crippen molar-refractivity contribution in [2.75, 3.05) is 23.0 Å². The van der Waals surface area contributed by atoms with Crippen LogP contribution >= 0.6 is 0 Å². The molecule has 2 bridgehead atoms. The first-order valence-electron chi connectivity index (χ1n) is 11.1. The summed E-state index contributed by atoms with van der Waals surface area (Å²) in [5, 5.41) is 0. The average molecular weight is 449 g/mol. The van der Waals surface area contributed by atoms with Gasteiger partial charge in [0.25, 0.3) is 0 Å². The standard InChI is InChI=1S/C12H25OS.C10H16O4S/c1-4-7-8-9-10-12(13)11-14(5-2)6-3;1-9(2)7-3-4-10(9,8(11)5-7)6-15(12,13)14/h4-11H2,1-3H3;7H,3-6H2,1-2H3,(H,12,13,14)/q+1;/p-1. The fourth-order valence-electron chi connectivity index (χ4n) is 4.87. The first-order valence-corrected chi connectivity index (χ1v) is 14.4. The Kier molecular flexibility index (Phi) is 10.4. The van der Waals surface area contributed by atoms with Gasteiger partial charge >= 0.3 is 0 Å². The van der Waals surface area contributed by atoms with Gasteiger partial charge in [-0.15, -0.1) is 0 Å². The van der Waals surface area contributed by atoms with Crippen molar-refractivity contribution in [3.8, 4) is 0 Å². The lowest BCUT2D eigenvalue weighted by atomic mass is 9.70. The molecule has 7 heteroatoms. The van der Waals surface area contributed by atoms with Gasteiger partial charge in [0.2, 0.25) is 0 Å². The van der Waals surface area contributed by atoms with E-state index in [0.29, 0.717) is 29.5 Å². The lowest BCUT2D eigenvalue weighted by Gasteiger charge is -2.37. The summed E-state index contributed by atoms with van der Waals surface area (Å²) in [7, 11) is -3.95. The Bertz CT molecular complexity index is 652. The quantitative estimate of drug-likeness (QED) is 0.269. The third-order valence-corrected chi connectivity index (χ3v) is 10.3. The van der Waals surface area contributed by atoms with E-state index in [2.05, 4.69) is 20.8 Å². The fourth-order valence-corrected chi connectivity index (χ4v) is 7.56. The summed E-state index contributed by atoms with van der Waals surface area (Å²) in [5.41, 5.74) is -1.22. The Hall–Kier alpha value is -0.400. The molecule has 0 spiro atoms. The number of fused-ring (bicyclic) bond motifs is 2. The zero-order valence-corrected chi connectivity index (χ0v) is 20.6. The Labute approximate surface area is 180 Å². The first-order chi connectivity index (χ1) is 13.4. The van der Waals surface area contributed by atoms with E-state index < -0.39 is 21.3 Å². The Balaban J connectivity index is 0.000000291. The Morgan fingerprint density at radius 3 is 2.17 bits per heavy atom. The summed E-state index contributed by atoms with van der Waals surface area (Å²) in [6.07, 6.45) is 7.57. The van der Waals surface area contributed by atoms with Crippen LogP contribution in [0.4, 0.5) is 0 Å². The summed E-state index contributed by atoms with van der Waals surface area (Å²) in [5.74, 6) is 3.42. The van der Waals surface area contributed by atoms with Crippen LogP contribution in [0.2, 0.25) is 0 Å². The van der Waals surface area contributed by atoms with Crippen molar-refractivity contribution in [3.05, 3.63) is 0 Å². The summed E-state index contributed by atoms with van der Waals surface area (Å²) >= 11 is 0. The van der Waals surface area contributed by atoms with Crippen LogP contribution in [0.5, 0.6) is 0 Å². The SMILES string of the molecule is CC1(C)C2CCC1(CS(=O)(=O)[O-])C(=O)C2.CCCCCCC(=O)C[S+](CC)CC. The van der Waals surface area contributed by atoms with Gasteiger partial charge in [-0.3, -0.25) is 9.59 Å². The van der Waals surface area contributed by atoms with E-state index >= 15 is 0 Å². The molecule has 0 aromatic heterocycles. The van der Waals surface area contributed by atoms with Crippen molar-refractivity contribution in [1.82, 2.24) is 0 Å². The molecule has 2 saturated carbocycles. The molecule has 2 fully saturated rings. The molecule has 0 radical (unpaired) electrons. The van der Waals surface area contributed by atoms with Crippen LogP contribution in [-0.2, 0) is 30.6 Å². The molecule has 2 rings (SSSR count). The van der Waals surface area contributed by atoms with Gasteiger partial charge in [0.15, 0.2) is 11.5 Å². The highest BCUT2D eigenvalue weighted by atomic mass is 32.2. The first kappa shape index (κ1) is 26.6. The Morgan fingerprint density at radius 1 is 1.14 bits per heavy atom. The van der Waals surface area contributed by atoms with E-state index in [1.807, 2.05) is 13.8 Å². The van der Waals surface area contributed by atoms with Gasteiger partial charge < -0.3 is 4.55 Å². The van der Waals surface area contributed by atoms with E-state index in [1.54, 1.807) is 0 Å². The number of ketones is 2. The van der Waals surface area contributed by atoms with Gasteiger partial charge in [-0.1, -0.05) is 40.0 Å². The van der Waals surface area contributed by atoms with Crippen LogP contribution in [0.3, 0.4) is 0 Å². The molecular weight excluding hydrogens is 408 g/mol. The van der Waals surface area contributed by atoms with Gasteiger partial charge in [0.1, 0.15) is 17.3 Å². The fraction of sp³-hybridized carbons (Fsp3) is 0.909. The molecule has 5 nitrogen and oxygen atoms in total. The van der Waals surface area contributed by atoms with E-state index in [4.69, 9.17) is 0 Å². The highest BCUT2D eigenvalue weighted by molar-refractivity contribution is 7.97. The van der Waals surface area contributed by atoms with Gasteiger partial charge in [-0.05, 0) is 55.3 Å². The van der Waals surface area contributed by atoms with Crippen molar-refractivity contribution < 1.29 is 22.6 Å². The molecule has 0 aliphatic heterocycles. The number of unbranched alkanes of at least 4 members (excludes halogenated alkanes) is 3. The van der Waals surface area contributed by atoms with Crippen molar-refractivity contribution in [2.24, 2.45) is 16.7 Å². The maximum Gasteiger partial charge on any atom is 0.181 e. The molecule has 0 heterocycles. The predicted octanol–water partition coefficient (Wildman–Crippen LogP) is 4.11. The van der Waals surface area contributed by atoms with E-state index in [1.165, 1.54) is 30.8 Å². The number of hydrogen-bond donors (Lipinski definition) is 0. The average Bonchev–Trinajstić information content (AvgIpc) is 2.96. The van der Waals surface area contributed by atoms with Crippen LogP contribution in [0, 0.1) is 16.7 Å². The summed E-state index contributed by atoms with van der Waals surface area (Å²) < 4.78 is 32.7. The van der Waals surface area contributed by atoms with Crippen LogP contribution in [0.15, 0.2) is 0 Å². The molecule has 2 aliphatic carbocycles. The van der Waals surface area contributed by atoms with Crippen LogP contribution in [0.25, 0.3) is 0 Å². The molecule has 2 atom stereocenters. The Morgan fingerprint density at radius 2 is 1.76 bits per heavy atom. The third kappa shape index (κ3) is 7.06. The largest absolute Gasteiger partial charge is 0.748 e. The minimum absolute atomic E-state index is 0.0248. The molecule has 0 aromatic carbocycles. The molecular formula is C22H40O5S2. The minimum atomic E-state index is -4.33.